The van der Waals surface area contributed by atoms with Gasteiger partial charge in [-0.05, 0) is 79.5 Å². The Bertz CT molecular complexity index is 2720. The first-order chi connectivity index (χ1) is 26.8. The van der Waals surface area contributed by atoms with Crippen LogP contribution in [0.5, 0.6) is 0 Å². The van der Waals surface area contributed by atoms with Gasteiger partial charge in [-0.3, -0.25) is 18.9 Å². The molecule has 0 aliphatic heterocycles. The number of rotatable bonds is 9. The summed E-state index contributed by atoms with van der Waals surface area (Å²) in [6.45, 7) is -0.950. The number of nitrogens with one attached hydrogen (secondary N) is 2. The van der Waals surface area contributed by atoms with Gasteiger partial charge in [-0.1, -0.05) is 23.6 Å². The summed E-state index contributed by atoms with van der Waals surface area (Å²) in [5, 5.41) is 21.6. The molecule has 19 heteroatoms. The van der Waals surface area contributed by atoms with Crippen LogP contribution in [-0.4, -0.2) is 55.8 Å². The van der Waals surface area contributed by atoms with Gasteiger partial charge in [-0.2, -0.15) is 19.0 Å². The van der Waals surface area contributed by atoms with Gasteiger partial charge < -0.3 is 10.4 Å². The van der Waals surface area contributed by atoms with Crippen LogP contribution >= 0.6 is 11.6 Å². The van der Waals surface area contributed by atoms with Gasteiger partial charge in [0.1, 0.15) is 40.9 Å². The smallest absolute Gasteiger partial charge is 0.293 e. The predicted octanol–water partition coefficient (Wildman–Crippen LogP) is 6.86. The van der Waals surface area contributed by atoms with E-state index in [1.165, 1.54) is 29.9 Å². The van der Waals surface area contributed by atoms with Crippen LogP contribution in [0.25, 0.3) is 33.8 Å². The fraction of sp³-hybridized carbons (Fsp3) is 0.316. The van der Waals surface area contributed by atoms with Crippen LogP contribution in [0, 0.1) is 29.4 Å². The lowest BCUT2D eigenvalue weighted by molar-refractivity contribution is -0.121. The fourth-order valence-corrected chi connectivity index (χ4v) is 8.24. The molecular formula is C38H30ClF6N7O4S. The SMILES string of the molecule is Cn1nc(NS(C)(=O)=O)c2c(Cl)ccc(-c3ccc(C#CC4(O)CCC4)nc3/C(=C/c3cc(F)cc(F)c3)NC(=O)Cn3nc(C(F)F)c4c3C(F)(F)[C@@H]3C[C@H]43)c21. The number of pyridine rings is 1. The van der Waals surface area contributed by atoms with E-state index in [1.54, 1.807) is 12.1 Å². The molecule has 1 amide bonds. The maximum atomic E-state index is 15.4. The molecule has 5 aromatic rings. The lowest BCUT2D eigenvalue weighted by atomic mass is 9.81. The molecule has 3 aliphatic carbocycles. The number of carbonyl (C=O) groups is 1. The van der Waals surface area contributed by atoms with Crippen LogP contribution in [0.3, 0.4) is 0 Å². The Morgan fingerprint density at radius 3 is 2.46 bits per heavy atom. The minimum atomic E-state index is -3.83. The first kappa shape index (κ1) is 38.5. The zero-order valence-electron chi connectivity index (χ0n) is 29.8. The average Bonchev–Trinajstić information content (AvgIpc) is 3.65. The Balaban J connectivity index is 1.30. The van der Waals surface area contributed by atoms with Gasteiger partial charge in [-0.15, -0.1) is 0 Å². The van der Waals surface area contributed by atoms with Crippen molar-refractivity contribution >= 4 is 56.0 Å². The second-order valence-corrected chi connectivity index (χ2v) is 16.5. The summed E-state index contributed by atoms with van der Waals surface area (Å²) in [6, 6.07) is 8.62. The van der Waals surface area contributed by atoms with Crippen molar-refractivity contribution in [3.05, 3.63) is 93.0 Å². The number of hydrogen-bond acceptors (Lipinski definition) is 7. The third kappa shape index (κ3) is 7.12. The van der Waals surface area contributed by atoms with Gasteiger partial charge in [0.2, 0.25) is 15.9 Å². The van der Waals surface area contributed by atoms with Crippen molar-refractivity contribution in [2.24, 2.45) is 13.0 Å². The first-order valence-corrected chi connectivity index (χ1v) is 19.7. The predicted molar refractivity (Wildman–Crippen MR) is 197 cm³/mol. The highest BCUT2D eigenvalue weighted by atomic mass is 35.5. The van der Waals surface area contributed by atoms with E-state index in [9.17, 15) is 35.9 Å². The van der Waals surface area contributed by atoms with Crippen LogP contribution in [0.2, 0.25) is 5.02 Å². The third-order valence-electron chi connectivity index (χ3n) is 10.2. The van der Waals surface area contributed by atoms with E-state index >= 15 is 8.78 Å². The number of amides is 1. The first-order valence-electron chi connectivity index (χ1n) is 17.5. The molecule has 11 nitrogen and oxygen atoms in total. The summed E-state index contributed by atoms with van der Waals surface area (Å²) in [4.78, 5) is 18.6. The fourth-order valence-electron chi connectivity index (χ4n) is 7.50. The Kier molecular flexibility index (Phi) is 9.21. The number of sulfonamides is 1. The van der Waals surface area contributed by atoms with E-state index in [2.05, 4.69) is 32.1 Å². The van der Waals surface area contributed by atoms with Gasteiger partial charge in [0.15, 0.2) is 5.82 Å². The van der Waals surface area contributed by atoms with Crippen molar-refractivity contribution < 1.29 is 44.7 Å². The lowest BCUT2D eigenvalue weighted by Gasteiger charge is -2.30. The molecule has 2 fully saturated rings. The minimum absolute atomic E-state index is 0.0141. The van der Waals surface area contributed by atoms with Gasteiger partial charge in [-0.25, -0.2) is 31.0 Å². The van der Waals surface area contributed by atoms with Crippen molar-refractivity contribution in [1.29, 1.82) is 0 Å². The largest absolute Gasteiger partial charge is 0.378 e. The van der Waals surface area contributed by atoms with Crippen molar-refractivity contribution in [3.63, 3.8) is 0 Å². The number of halogens is 7. The van der Waals surface area contributed by atoms with Crippen LogP contribution in [-0.2, 0) is 34.3 Å². The highest BCUT2D eigenvalue weighted by Gasteiger charge is 2.67. The standard InChI is InChI=1S/C38H30ClF6N7O4S/c1-51-33-23(6-7-26(39)30(33)36(49-51)50-57(2,55)56)22-5-4-21(8-11-37(54)9-3-10-37)46-31(22)27(14-18-12-19(40)15-20(41)13-18)47-28(53)17-52-34-29(32(48-52)35(42)43)24-16-25(24)38(34,44)45/h4-7,12-15,24-25,35,54H,3,9-10,16-17H2,1-2H3,(H,47,53)(H,49,50)/b27-14-/t24-,25+/m0/s1. The second-order valence-electron chi connectivity index (χ2n) is 14.4. The summed E-state index contributed by atoms with van der Waals surface area (Å²) in [5.41, 5.74) is -2.65. The van der Waals surface area contributed by atoms with Crippen LogP contribution < -0.4 is 10.0 Å². The minimum Gasteiger partial charge on any atom is -0.378 e. The molecule has 3 N–H and O–H groups in total. The Morgan fingerprint density at radius 1 is 1.11 bits per heavy atom. The number of carbonyl (C=O) groups excluding carboxylic acids is 1. The topological polar surface area (TPSA) is 144 Å². The van der Waals surface area contributed by atoms with Crippen molar-refractivity contribution in [2.45, 2.75) is 56.1 Å². The highest BCUT2D eigenvalue weighted by Crippen LogP contribution is 2.68. The zero-order chi connectivity index (χ0) is 40.8. The number of anilines is 1. The van der Waals surface area contributed by atoms with E-state index < -0.39 is 75.3 Å². The Morgan fingerprint density at radius 2 is 1.81 bits per heavy atom. The number of nitrogens with zero attached hydrogens (tertiary/aromatic N) is 5. The average molecular weight is 830 g/mol. The molecule has 3 heterocycles. The number of hydrogen-bond donors (Lipinski definition) is 3. The van der Waals surface area contributed by atoms with Gasteiger partial charge in [0, 0.05) is 35.7 Å². The molecule has 2 aromatic carbocycles. The van der Waals surface area contributed by atoms with Crippen LogP contribution in [0.1, 0.15) is 71.9 Å². The quantitative estimate of drug-likeness (QED) is 0.109. The van der Waals surface area contributed by atoms with E-state index in [0.29, 0.717) is 29.2 Å². The number of aryl methyl sites for hydroxylation is 1. The van der Waals surface area contributed by atoms with E-state index in [4.69, 9.17) is 16.6 Å². The number of benzene rings is 2. The Hall–Kier alpha value is -5.38. The number of aliphatic hydroxyl groups is 1. The molecule has 0 unspecified atom stereocenters. The van der Waals surface area contributed by atoms with E-state index in [1.807, 2.05) is 0 Å². The molecule has 2 saturated carbocycles. The molecule has 3 aromatic heterocycles. The molecule has 0 saturated heterocycles. The molecule has 2 atom stereocenters. The van der Waals surface area contributed by atoms with Crippen molar-refractivity contribution in [2.75, 3.05) is 11.0 Å². The lowest BCUT2D eigenvalue weighted by Crippen LogP contribution is -2.34. The third-order valence-corrected chi connectivity index (χ3v) is 11.1. The summed E-state index contributed by atoms with van der Waals surface area (Å²) < 4.78 is 117. The normalized spacial score (nSPS) is 19.1. The number of fused-ring (bicyclic) bond motifs is 4. The Labute approximate surface area is 325 Å². The maximum Gasteiger partial charge on any atom is 0.293 e. The van der Waals surface area contributed by atoms with E-state index in [-0.39, 0.29) is 61.9 Å². The highest BCUT2D eigenvalue weighted by molar-refractivity contribution is 7.92. The molecular weight excluding hydrogens is 800 g/mol. The van der Waals surface area contributed by atoms with Crippen molar-refractivity contribution in [1.82, 2.24) is 29.9 Å². The summed E-state index contributed by atoms with van der Waals surface area (Å²) in [5.74, 6) is -2.96. The van der Waals surface area contributed by atoms with E-state index in [0.717, 1.165) is 24.8 Å². The molecule has 0 bridgehead atoms. The monoisotopic (exact) mass is 829 g/mol. The van der Waals surface area contributed by atoms with Crippen LogP contribution in [0.15, 0.2) is 42.5 Å². The maximum absolute atomic E-state index is 15.4. The van der Waals surface area contributed by atoms with Gasteiger partial charge in [0.05, 0.1) is 33.6 Å². The molecule has 3 aliphatic rings. The molecule has 57 heavy (non-hydrogen) atoms. The zero-order valence-corrected chi connectivity index (χ0v) is 31.4. The molecule has 296 valence electrons. The van der Waals surface area contributed by atoms with Gasteiger partial charge >= 0.3 is 0 Å². The second kappa shape index (κ2) is 13.6. The number of alkyl halides is 4. The summed E-state index contributed by atoms with van der Waals surface area (Å²) in [7, 11) is -2.32. The number of aromatic nitrogens is 5. The van der Waals surface area contributed by atoms with Gasteiger partial charge in [0.25, 0.3) is 12.3 Å². The molecule has 0 spiro atoms. The summed E-state index contributed by atoms with van der Waals surface area (Å²) in [6.07, 6.45) is 0.538. The van der Waals surface area contributed by atoms with Crippen molar-refractivity contribution in [3.8, 4) is 23.0 Å². The molecule has 8 rings (SSSR count). The summed E-state index contributed by atoms with van der Waals surface area (Å²) >= 11 is 6.58. The molecule has 0 radical (unpaired) electrons. The van der Waals surface area contributed by atoms with Crippen LogP contribution in [0.4, 0.5) is 32.2 Å².